The Labute approximate surface area is 142 Å². The Kier molecular flexibility index (Phi) is 3.95. The van der Waals surface area contributed by atoms with E-state index in [-0.39, 0.29) is 17.7 Å². The Balaban J connectivity index is 2.06. The average Bonchev–Trinajstić information content (AvgIpc) is 2.86. The van der Waals surface area contributed by atoms with Gasteiger partial charge in [0.05, 0.1) is 5.56 Å². The van der Waals surface area contributed by atoms with E-state index >= 15 is 0 Å². The van der Waals surface area contributed by atoms with Crippen LogP contribution in [0.3, 0.4) is 0 Å². The molecule has 0 fully saturated rings. The fraction of sp³-hybridized carbons (Fsp3) is 0.176. The van der Waals surface area contributed by atoms with Crippen LogP contribution in [0.5, 0.6) is 5.75 Å². The summed E-state index contributed by atoms with van der Waals surface area (Å²) in [6.07, 6.45) is 0.220. The van der Waals surface area contributed by atoms with E-state index in [1.54, 1.807) is 37.3 Å². The molecule has 1 aliphatic heterocycles. The molecule has 0 aromatic heterocycles. The van der Waals surface area contributed by atoms with Crippen LogP contribution in [0, 0.1) is 0 Å². The summed E-state index contributed by atoms with van der Waals surface area (Å²) in [5.74, 6) is -0.722. The van der Waals surface area contributed by atoms with Crippen molar-refractivity contribution in [1.82, 2.24) is 5.01 Å². The normalized spacial score (nSPS) is 20.5. The van der Waals surface area contributed by atoms with Crippen LogP contribution in [0.15, 0.2) is 58.1 Å². The summed E-state index contributed by atoms with van der Waals surface area (Å²) in [4.78, 5) is 12.8. The maximum absolute atomic E-state index is 12.8. The first kappa shape index (κ1) is 15.7. The first-order chi connectivity index (χ1) is 10.9. The predicted molar refractivity (Wildman–Crippen MR) is 90.0 cm³/mol. The van der Waals surface area contributed by atoms with Crippen molar-refractivity contribution in [3.05, 3.63) is 64.1 Å². The summed E-state index contributed by atoms with van der Waals surface area (Å²) < 4.78 is 0.654. The van der Waals surface area contributed by atoms with Gasteiger partial charge in [-0.1, -0.05) is 46.3 Å². The molecule has 0 aliphatic carbocycles. The van der Waals surface area contributed by atoms with Crippen molar-refractivity contribution in [3.63, 3.8) is 0 Å². The molecule has 1 amide bonds. The number of phenolic OH excluding ortho intramolecular Hbond substituents is 1. The van der Waals surface area contributed by atoms with Gasteiger partial charge < -0.3 is 10.2 Å². The second-order valence-corrected chi connectivity index (χ2v) is 6.39. The fourth-order valence-corrected chi connectivity index (χ4v) is 3.02. The molecule has 1 aliphatic rings. The number of halogens is 1. The van der Waals surface area contributed by atoms with Crippen LogP contribution in [0.2, 0.25) is 0 Å². The summed E-state index contributed by atoms with van der Waals surface area (Å²) in [5.41, 5.74) is -0.271. The first-order valence-corrected chi connectivity index (χ1v) is 7.86. The van der Waals surface area contributed by atoms with Crippen molar-refractivity contribution in [3.8, 4) is 5.75 Å². The number of benzene rings is 2. The minimum atomic E-state index is -1.56. The van der Waals surface area contributed by atoms with E-state index in [1.807, 2.05) is 6.07 Å². The van der Waals surface area contributed by atoms with Crippen LogP contribution < -0.4 is 0 Å². The van der Waals surface area contributed by atoms with Crippen LogP contribution in [0.1, 0.15) is 29.3 Å². The van der Waals surface area contributed by atoms with Crippen molar-refractivity contribution in [2.75, 3.05) is 0 Å². The van der Waals surface area contributed by atoms with Gasteiger partial charge in [0, 0.05) is 22.2 Å². The average molecular weight is 375 g/mol. The number of hydrogen-bond acceptors (Lipinski definition) is 4. The van der Waals surface area contributed by atoms with Gasteiger partial charge in [0.2, 0.25) is 0 Å². The second-order valence-electron chi connectivity index (χ2n) is 5.47. The molecule has 2 N–H and O–H groups in total. The molecular formula is C17H15BrN2O3. The van der Waals surface area contributed by atoms with Crippen LogP contribution >= 0.6 is 15.9 Å². The summed E-state index contributed by atoms with van der Waals surface area (Å²) in [5, 5.41) is 26.3. The number of amides is 1. The third-order valence-electron chi connectivity index (χ3n) is 3.74. The topological polar surface area (TPSA) is 73.1 Å². The molecule has 3 rings (SSSR count). The Hall–Kier alpha value is -2.18. The van der Waals surface area contributed by atoms with Crippen LogP contribution in [0.4, 0.5) is 0 Å². The highest BCUT2D eigenvalue weighted by atomic mass is 79.9. The molecular weight excluding hydrogens is 360 g/mol. The molecule has 1 atom stereocenters. The van der Waals surface area contributed by atoms with Crippen molar-refractivity contribution < 1.29 is 15.0 Å². The molecule has 0 saturated heterocycles. The summed E-state index contributed by atoms with van der Waals surface area (Å²) in [6.45, 7) is 1.75. The number of carbonyl (C=O) groups is 1. The van der Waals surface area contributed by atoms with E-state index < -0.39 is 11.6 Å². The third kappa shape index (κ3) is 2.75. The van der Waals surface area contributed by atoms with Crippen molar-refractivity contribution in [1.29, 1.82) is 0 Å². The number of aliphatic hydroxyl groups is 1. The lowest BCUT2D eigenvalue weighted by Gasteiger charge is -2.31. The Bertz CT molecular complexity index is 792. The molecule has 1 heterocycles. The smallest absolute Gasteiger partial charge is 0.280 e. The molecule has 0 spiro atoms. The van der Waals surface area contributed by atoms with Crippen molar-refractivity contribution >= 4 is 27.5 Å². The highest BCUT2D eigenvalue weighted by Crippen LogP contribution is 2.37. The molecule has 2 aromatic rings. The summed E-state index contributed by atoms with van der Waals surface area (Å²) in [7, 11) is 0. The van der Waals surface area contributed by atoms with E-state index in [0.717, 1.165) is 5.01 Å². The van der Waals surface area contributed by atoms with E-state index in [0.29, 0.717) is 15.7 Å². The van der Waals surface area contributed by atoms with Gasteiger partial charge in [-0.3, -0.25) is 4.79 Å². The zero-order valence-corrected chi connectivity index (χ0v) is 14.0. The maximum atomic E-state index is 12.8. The minimum absolute atomic E-state index is 0.0761. The monoisotopic (exact) mass is 374 g/mol. The van der Waals surface area contributed by atoms with Crippen molar-refractivity contribution in [2.24, 2.45) is 5.10 Å². The molecule has 2 aromatic carbocycles. The van der Waals surface area contributed by atoms with E-state index in [1.165, 1.54) is 12.1 Å². The maximum Gasteiger partial charge on any atom is 0.280 e. The predicted octanol–water partition coefficient (Wildman–Crippen LogP) is 3.22. The molecule has 0 unspecified atom stereocenters. The number of hydrogen-bond donors (Lipinski definition) is 2. The zero-order valence-electron chi connectivity index (χ0n) is 12.4. The second kappa shape index (κ2) is 5.79. The molecule has 23 heavy (non-hydrogen) atoms. The zero-order chi connectivity index (χ0) is 16.6. The first-order valence-electron chi connectivity index (χ1n) is 7.07. The number of phenols is 1. The van der Waals surface area contributed by atoms with E-state index in [9.17, 15) is 15.0 Å². The van der Waals surface area contributed by atoms with Crippen LogP contribution in [-0.2, 0) is 5.72 Å². The fourth-order valence-electron chi connectivity index (χ4n) is 2.66. The van der Waals surface area contributed by atoms with E-state index in [4.69, 9.17) is 0 Å². The SMILES string of the molecule is CC1=NN(C(=O)c2cc(Br)ccc2O)[C@@](O)(c2ccccc2)C1. The molecule has 6 heteroatoms. The summed E-state index contributed by atoms with van der Waals surface area (Å²) >= 11 is 3.28. The Morgan fingerprint density at radius 3 is 2.65 bits per heavy atom. The molecule has 0 radical (unpaired) electrons. The highest BCUT2D eigenvalue weighted by Gasteiger charge is 2.45. The number of rotatable bonds is 2. The quantitative estimate of drug-likeness (QED) is 0.847. The number of aromatic hydroxyl groups is 1. The number of carbonyl (C=O) groups excluding carboxylic acids is 1. The van der Waals surface area contributed by atoms with Crippen molar-refractivity contribution in [2.45, 2.75) is 19.1 Å². The Morgan fingerprint density at radius 1 is 1.26 bits per heavy atom. The van der Waals surface area contributed by atoms with Crippen LogP contribution in [-0.4, -0.2) is 26.8 Å². The van der Waals surface area contributed by atoms with Gasteiger partial charge in [0.15, 0.2) is 5.72 Å². The molecule has 0 saturated carbocycles. The van der Waals surface area contributed by atoms with Gasteiger partial charge in [-0.05, 0) is 25.1 Å². The summed E-state index contributed by atoms with van der Waals surface area (Å²) in [6, 6.07) is 13.5. The van der Waals surface area contributed by atoms with Gasteiger partial charge in [-0.15, -0.1) is 0 Å². The number of hydrazone groups is 1. The highest BCUT2D eigenvalue weighted by molar-refractivity contribution is 9.10. The van der Waals surface area contributed by atoms with Gasteiger partial charge in [0.1, 0.15) is 5.75 Å². The van der Waals surface area contributed by atoms with Gasteiger partial charge >= 0.3 is 0 Å². The molecule has 5 nitrogen and oxygen atoms in total. The minimum Gasteiger partial charge on any atom is -0.507 e. The largest absolute Gasteiger partial charge is 0.507 e. The van der Waals surface area contributed by atoms with Gasteiger partial charge in [-0.25, -0.2) is 0 Å². The van der Waals surface area contributed by atoms with Crippen LogP contribution in [0.25, 0.3) is 0 Å². The molecule has 118 valence electrons. The number of nitrogens with zero attached hydrogens (tertiary/aromatic N) is 2. The van der Waals surface area contributed by atoms with Gasteiger partial charge in [-0.2, -0.15) is 10.1 Å². The lowest BCUT2D eigenvalue weighted by atomic mass is 9.97. The lowest BCUT2D eigenvalue weighted by molar-refractivity contribution is -0.0766. The van der Waals surface area contributed by atoms with E-state index in [2.05, 4.69) is 21.0 Å². The Morgan fingerprint density at radius 2 is 1.96 bits per heavy atom. The lowest BCUT2D eigenvalue weighted by Crippen LogP contribution is -2.43. The van der Waals surface area contributed by atoms with Gasteiger partial charge in [0.25, 0.3) is 5.91 Å². The standard InChI is InChI=1S/C17H15BrN2O3/c1-11-10-17(23,12-5-3-2-4-6-12)20(19-11)16(22)14-9-13(18)7-8-15(14)21/h2-9,21,23H,10H2,1H3/t17-/m0/s1. The third-order valence-corrected chi connectivity index (χ3v) is 4.23. The molecule has 0 bridgehead atoms.